The van der Waals surface area contributed by atoms with Crippen molar-refractivity contribution >= 4 is 29.0 Å². The summed E-state index contributed by atoms with van der Waals surface area (Å²) in [4.78, 5) is 32.0. The number of nitrogens with one attached hydrogen (secondary N) is 1. The molecule has 2 aromatic rings. The number of carbonyl (C=O) groups is 2. The molecule has 1 N–H and O–H groups in total. The topological polar surface area (TPSA) is 75.3 Å². The minimum absolute atomic E-state index is 0.0356. The lowest BCUT2D eigenvalue weighted by Crippen LogP contribution is -2.35. The van der Waals surface area contributed by atoms with Crippen molar-refractivity contribution in [2.45, 2.75) is 19.9 Å². The van der Waals surface area contributed by atoms with Crippen LogP contribution in [-0.2, 0) is 9.53 Å². The van der Waals surface area contributed by atoms with Gasteiger partial charge in [-0.15, -0.1) is 0 Å². The van der Waals surface area contributed by atoms with Crippen molar-refractivity contribution in [1.29, 1.82) is 0 Å². The zero-order chi connectivity index (χ0) is 14.3. The summed E-state index contributed by atoms with van der Waals surface area (Å²) in [5.74, 6) is -0.378. The van der Waals surface area contributed by atoms with Crippen LogP contribution in [0.1, 0.15) is 19.4 Å². The molecule has 0 bridgehead atoms. The van der Waals surface area contributed by atoms with Gasteiger partial charge in [0.05, 0.1) is 0 Å². The first-order valence-corrected chi connectivity index (χ1v) is 6.26. The highest BCUT2D eigenvalue weighted by atomic mass is 16.6. The number of ether oxygens (including phenoxy) is 1. The number of hydrogen-bond acceptors (Lipinski definition) is 4. The third kappa shape index (κ3) is 1.85. The average molecular weight is 271 g/mol. The smallest absolute Gasteiger partial charge is 0.404 e. The Bertz CT molecular complexity index is 730. The van der Waals surface area contributed by atoms with Crippen LogP contribution in [0.25, 0.3) is 17.0 Å². The maximum Gasteiger partial charge on any atom is 0.422 e. The van der Waals surface area contributed by atoms with Gasteiger partial charge in [-0.3, -0.25) is 9.78 Å². The largest absolute Gasteiger partial charge is 0.422 e. The lowest BCUT2D eigenvalue weighted by atomic mass is 10.2. The first kappa shape index (κ1) is 12.4. The molecule has 1 saturated heterocycles. The molecule has 6 nitrogen and oxygen atoms in total. The molecule has 0 unspecified atom stereocenters. The quantitative estimate of drug-likeness (QED) is 0.850. The number of nitrogens with zero attached hydrogens (tertiary/aromatic N) is 2. The van der Waals surface area contributed by atoms with Crippen LogP contribution in [0.5, 0.6) is 0 Å². The van der Waals surface area contributed by atoms with E-state index in [2.05, 4.69) is 9.97 Å². The van der Waals surface area contributed by atoms with Gasteiger partial charge in [0.15, 0.2) is 5.76 Å². The van der Waals surface area contributed by atoms with Gasteiger partial charge in [0.25, 0.3) is 5.91 Å². The Kier molecular flexibility index (Phi) is 2.78. The van der Waals surface area contributed by atoms with Gasteiger partial charge in [-0.2, -0.15) is 0 Å². The standard InChI is InChI=1S/C14H13N3O3/c1-8(2)17-13(18)12(20-14(17)19)5-9-6-16-11-3-4-15-7-10(9)11/h3-8,16H,1-2H3/b12-5-. The van der Waals surface area contributed by atoms with E-state index in [0.717, 1.165) is 21.4 Å². The maximum absolute atomic E-state index is 12.1. The molecule has 0 aromatic carbocycles. The molecule has 0 aliphatic carbocycles. The van der Waals surface area contributed by atoms with E-state index >= 15 is 0 Å². The SMILES string of the molecule is CC(C)N1C(=O)O/C(=C\c2c[nH]c3ccncc23)C1=O. The van der Waals surface area contributed by atoms with Gasteiger partial charge in [0.2, 0.25) is 0 Å². The second kappa shape index (κ2) is 4.48. The Morgan fingerprint density at radius 2 is 2.20 bits per heavy atom. The van der Waals surface area contributed by atoms with Crippen molar-refractivity contribution in [2.24, 2.45) is 0 Å². The van der Waals surface area contributed by atoms with Gasteiger partial charge in [0.1, 0.15) is 0 Å². The first-order chi connectivity index (χ1) is 9.58. The normalized spacial score (nSPS) is 17.6. The summed E-state index contributed by atoms with van der Waals surface area (Å²) in [5, 5.41) is 0.867. The van der Waals surface area contributed by atoms with E-state index in [1.54, 1.807) is 38.5 Å². The monoisotopic (exact) mass is 271 g/mol. The number of fused-ring (bicyclic) bond motifs is 1. The summed E-state index contributed by atoms with van der Waals surface area (Å²) < 4.78 is 5.03. The van der Waals surface area contributed by atoms with Gasteiger partial charge < -0.3 is 9.72 Å². The molecule has 0 saturated carbocycles. The Morgan fingerprint density at radius 1 is 1.40 bits per heavy atom. The number of aromatic nitrogens is 2. The van der Waals surface area contributed by atoms with Crippen LogP contribution < -0.4 is 0 Å². The Balaban J connectivity index is 2.01. The Hall–Kier alpha value is -2.63. The number of imide groups is 1. The molecule has 0 radical (unpaired) electrons. The van der Waals surface area contributed by atoms with Gasteiger partial charge in [-0.25, -0.2) is 9.69 Å². The van der Waals surface area contributed by atoms with E-state index in [0.29, 0.717) is 0 Å². The van der Waals surface area contributed by atoms with Gasteiger partial charge in [-0.1, -0.05) is 0 Å². The van der Waals surface area contributed by atoms with E-state index in [1.807, 2.05) is 6.07 Å². The van der Waals surface area contributed by atoms with Gasteiger partial charge in [-0.05, 0) is 26.0 Å². The molecular weight excluding hydrogens is 258 g/mol. The van der Waals surface area contributed by atoms with Crippen molar-refractivity contribution < 1.29 is 14.3 Å². The number of pyridine rings is 1. The van der Waals surface area contributed by atoms with Crippen LogP contribution in [0.4, 0.5) is 4.79 Å². The summed E-state index contributed by atoms with van der Waals surface area (Å²) in [7, 11) is 0. The predicted octanol–water partition coefficient (Wildman–Crippen LogP) is 2.29. The van der Waals surface area contributed by atoms with E-state index in [-0.39, 0.29) is 11.8 Å². The molecule has 2 amide bonds. The van der Waals surface area contributed by atoms with Crippen molar-refractivity contribution in [3.63, 3.8) is 0 Å². The third-order valence-corrected chi connectivity index (χ3v) is 3.14. The summed E-state index contributed by atoms with van der Waals surface area (Å²) in [5.41, 5.74) is 1.67. The molecule has 3 rings (SSSR count). The summed E-state index contributed by atoms with van der Waals surface area (Å²) in [6, 6.07) is 1.60. The fourth-order valence-electron chi connectivity index (χ4n) is 2.17. The van der Waals surface area contributed by atoms with Crippen LogP contribution in [0.3, 0.4) is 0 Å². The summed E-state index contributed by atoms with van der Waals surface area (Å²) in [6.07, 6.45) is 6.05. The van der Waals surface area contributed by atoms with Crippen LogP contribution in [0.2, 0.25) is 0 Å². The molecular formula is C14H13N3O3. The minimum atomic E-state index is -0.630. The molecule has 3 heterocycles. The van der Waals surface area contributed by atoms with E-state index in [1.165, 1.54) is 0 Å². The van der Waals surface area contributed by atoms with E-state index in [9.17, 15) is 9.59 Å². The predicted molar refractivity (Wildman–Crippen MR) is 72.5 cm³/mol. The lowest BCUT2D eigenvalue weighted by molar-refractivity contribution is -0.124. The molecule has 20 heavy (non-hydrogen) atoms. The van der Waals surface area contributed by atoms with E-state index < -0.39 is 12.0 Å². The molecule has 0 atom stereocenters. The highest BCUT2D eigenvalue weighted by Gasteiger charge is 2.38. The van der Waals surface area contributed by atoms with Gasteiger partial charge in [0, 0.05) is 41.1 Å². The van der Waals surface area contributed by atoms with Crippen molar-refractivity contribution in [1.82, 2.24) is 14.9 Å². The zero-order valence-corrected chi connectivity index (χ0v) is 11.1. The highest BCUT2D eigenvalue weighted by Crippen LogP contribution is 2.24. The molecule has 1 aliphatic heterocycles. The Morgan fingerprint density at radius 3 is 2.90 bits per heavy atom. The summed E-state index contributed by atoms with van der Waals surface area (Å²) >= 11 is 0. The second-order valence-corrected chi connectivity index (χ2v) is 4.81. The van der Waals surface area contributed by atoms with Crippen molar-refractivity contribution in [3.05, 3.63) is 36.0 Å². The van der Waals surface area contributed by atoms with Crippen LogP contribution >= 0.6 is 0 Å². The number of cyclic esters (lactones) is 1. The van der Waals surface area contributed by atoms with Crippen LogP contribution in [0, 0.1) is 0 Å². The van der Waals surface area contributed by atoms with Crippen molar-refractivity contribution in [3.8, 4) is 0 Å². The Labute approximate surface area is 115 Å². The molecule has 0 spiro atoms. The highest BCUT2D eigenvalue weighted by molar-refractivity contribution is 6.10. The molecule has 102 valence electrons. The number of carbonyl (C=O) groups excluding carboxylic acids is 2. The molecule has 2 aromatic heterocycles. The third-order valence-electron chi connectivity index (χ3n) is 3.14. The molecule has 6 heteroatoms. The van der Waals surface area contributed by atoms with Crippen LogP contribution in [-0.4, -0.2) is 32.9 Å². The number of H-pyrrole nitrogens is 1. The second-order valence-electron chi connectivity index (χ2n) is 4.81. The number of hydrogen-bond donors (Lipinski definition) is 1. The van der Waals surface area contributed by atoms with Crippen LogP contribution in [0.15, 0.2) is 30.4 Å². The molecule has 1 aliphatic rings. The zero-order valence-electron chi connectivity index (χ0n) is 11.1. The summed E-state index contributed by atoms with van der Waals surface area (Å²) in [6.45, 7) is 3.52. The van der Waals surface area contributed by atoms with Gasteiger partial charge >= 0.3 is 6.09 Å². The minimum Gasteiger partial charge on any atom is -0.404 e. The average Bonchev–Trinajstić information content (AvgIpc) is 2.93. The first-order valence-electron chi connectivity index (χ1n) is 6.26. The number of aromatic amines is 1. The fraction of sp³-hybridized carbons (Fsp3) is 0.214. The maximum atomic E-state index is 12.1. The number of rotatable bonds is 2. The molecule has 1 fully saturated rings. The van der Waals surface area contributed by atoms with Crippen molar-refractivity contribution in [2.75, 3.05) is 0 Å². The lowest BCUT2D eigenvalue weighted by Gasteiger charge is -2.13. The number of amides is 2. The fourth-order valence-corrected chi connectivity index (χ4v) is 2.17. The van der Waals surface area contributed by atoms with E-state index in [4.69, 9.17) is 4.74 Å².